The van der Waals surface area contributed by atoms with E-state index in [-0.39, 0.29) is 23.0 Å². The van der Waals surface area contributed by atoms with Crippen LogP contribution in [0, 0.1) is 17.0 Å². The number of fused-ring (bicyclic) bond motifs is 4. The van der Waals surface area contributed by atoms with Gasteiger partial charge in [0.25, 0.3) is 0 Å². The predicted molar refractivity (Wildman–Crippen MR) is 78.0 cm³/mol. The fourth-order valence-electron chi connectivity index (χ4n) is 3.57. The molecular weight excluding hydrogens is 284 g/mol. The summed E-state index contributed by atoms with van der Waals surface area (Å²) in [5.41, 5.74) is 2.27. The Labute approximate surface area is 128 Å². The average Bonchev–Trinajstić information content (AvgIpc) is 3.08. The van der Waals surface area contributed by atoms with Crippen LogP contribution in [0.5, 0.6) is 0 Å². The van der Waals surface area contributed by atoms with Gasteiger partial charge in [0.1, 0.15) is 6.23 Å². The van der Waals surface area contributed by atoms with Gasteiger partial charge in [0.05, 0.1) is 4.92 Å². The minimum absolute atomic E-state index is 0.00448. The Morgan fingerprint density at radius 1 is 1.41 bits per heavy atom. The van der Waals surface area contributed by atoms with Crippen LogP contribution in [0.2, 0.25) is 0 Å². The fraction of sp³-hybridized carbons (Fsp3) is 0.533. The molecule has 3 aliphatic heterocycles. The maximum Gasteiger partial charge on any atom is 0.314 e. The van der Waals surface area contributed by atoms with Gasteiger partial charge >= 0.3 is 5.70 Å². The van der Waals surface area contributed by atoms with E-state index in [9.17, 15) is 10.1 Å². The molecule has 0 N–H and O–H groups in total. The van der Waals surface area contributed by atoms with E-state index in [0.717, 1.165) is 43.0 Å². The largest absolute Gasteiger partial charge is 0.347 e. The van der Waals surface area contributed by atoms with Gasteiger partial charge in [-0.15, -0.1) is 0 Å². The van der Waals surface area contributed by atoms with Gasteiger partial charge in [0.15, 0.2) is 11.9 Å². The molecule has 2 fully saturated rings. The van der Waals surface area contributed by atoms with Crippen LogP contribution in [0.15, 0.2) is 29.8 Å². The van der Waals surface area contributed by atoms with E-state index in [4.69, 9.17) is 4.74 Å². The van der Waals surface area contributed by atoms with E-state index in [2.05, 4.69) is 14.8 Å². The van der Waals surface area contributed by atoms with Crippen LogP contribution >= 0.6 is 0 Å². The lowest BCUT2D eigenvalue weighted by molar-refractivity contribution is -0.443. The van der Waals surface area contributed by atoms with E-state index < -0.39 is 0 Å². The van der Waals surface area contributed by atoms with Crippen molar-refractivity contribution in [3.05, 3.63) is 51.2 Å². The van der Waals surface area contributed by atoms with Crippen LogP contribution in [0.3, 0.4) is 0 Å². The van der Waals surface area contributed by atoms with Crippen molar-refractivity contribution in [2.24, 2.45) is 0 Å². The molecule has 2 atom stereocenters. The van der Waals surface area contributed by atoms with E-state index in [0.29, 0.717) is 6.54 Å². The predicted octanol–water partition coefficient (Wildman–Crippen LogP) is 1.47. The van der Waals surface area contributed by atoms with E-state index in [1.165, 1.54) is 0 Å². The summed E-state index contributed by atoms with van der Waals surface area (Å²) in [6.07, 6.45) is 3.10. The van der Waals surface area contributed by atoms with Gasteiger partial charge in [-0.05, 0) is 31.4 Å². The van der Waals surface area contributed by atoms with Crippen LogP contribution in [0.25, 0.3) is 0 Å². The summed E-state index contributed by atoms with van der Waals surface area (Å²) in [6.45, 7) is 4.16. The number of pyridine rings is 1. The summed E-state index contributed by atoms with van der Waals surface area (Å²) in [4.78, 5) is 19.7. The maximum atomic E-state index is 11.5. The molecule has 0 unspecified atom stereocenters. The maximum absolute atomic E-state index is 11.5. The standard InChI is InChI=1S/C15H18N4O3/c1-10-2-3-11(8-16-10)9-17-6-7-18-13-5-4-12(22-13)14(15(17)18)19(20)21/h2-3,8,12-13H,4-7,9H2,1H3/t12-,13+/m1/s1. The van der Waals surface area contributed by atoms with Crippen LogP contribution < -0.4 is 0 Å². The van der Waals surface area contributed by atoms with Gasteiger partial charge in [0.2, 0.25) is 0 Å². The molecule has 2 bridgehead atoms. The molecule has 0 radical (unpaired) electrons. The molecule has 0 spiro atoms. The Morgan fingerprint density at radius 2 is 2.27 bits per heavy atom. The highest BCUT2D eigenvalue weighted by molar-refractivity contribution is 5.22. The second-order valence-electron chi connectivity index (χ2n) is 6.05. The summed E-state index contributed by atoms with van der Waals surface area (Å²) in [7, 11) is 0. The van der Waals surface area contributed by atoms with Crippen molar-refractivity contribution in [1.82, 2.24) is 14.8 Å². The Kier molecular flexibility index (Phi) is 3.04. The zero-order valence-electron chi connectivity index (χ0n) is 12.4. The number of rotatable bonds is 3. The third kappa shape index (κ3) is 2.04. The van der Waals surface area contributed by atoms with E-state index >= 15 is 0 Å². The second-order valence-corrected chi connectivity index (χ2v) is 6.05. The van der Waals surface area contributed by atoms with Gasteiger partial charge < -0.3 is 14.5 Å². The van der Waals surface area contributed by atoms with Crippen molar-refractivity contribution in [2.75, 3.05) is 13.1 Å². The molecule has 0 amide bonds. The van der Waals surface area contributed by atoms with Crippen LogP contribution in [0.1, 0.15) is 24.1 Å². The normalized spacial score (nSPS) is 26.6. The zero-order valence-corrected chi connectivity index (χ0v) is 12.4. The molecule has 7 heteroatoms. The Balaban J connectivity index is 1.67. The first-order chi connectivity index (χ1) is 10.6. The highest BCUT2D eigenvalue weighted by Crippen LogP contribution is 2.41. The first-order valence-electron chi connectivity index (χ1n) is 7.60. The average molecular weight is 302 g/mol. The first kappa shape index (κ1) is 13.5. The quantitative estimate of drug-likeness (QED) is 0.622. The molecule has 4 heterocycles. The summed E-state index contributed by atoms with van der Waals surface area (Å²) in [6, 6.07) is 4.00. The third-order valence-electron chi connectivity index (χ3n) is 4.60. The highest BCUT2D eigenvalue weighted by Gasteiger charge is 2.50. The monoisotopic (exact) mass is 302 g/mol. The molecule has 0 aliphatic carbocycles. The summed E-state index contributed by atoms with van der Waals surface area (Å²) >= 11 is 0. The van der Waals surface area contributed by atoms with Crippen molar-refractivity contribution in [3.63, 3.8) is 0 Å². The third-order valence-corrected chi connectivity index (χ3v) is 4.60. The van der Waals surface area contributed by atoms with Crippen molar-refractivity contribution in [2.45, 2.75) is 38.6 Å². The Hall–Kier alpha value is -2.15. The Morgan fingerprint density at radius 3 is 3.00 bits per heavy atom. The lowest BCUT2D eigenvalue weighted by Gasteiger charge is -2.32. The number of hydrogen-bond acceptors (Lipinski definition) is 6. The topological polar surface area (TPSA) is 71.7 Å². The number of nitro groups is 1. The molecule has 2 saturated heterocycles. The highest BCUT2D eigenvalue weighted by atomic mass is 16.6. The number of ether oxygens (including phenoxy) is 1. The molecule has 116 valence electrons. The van der Waals surface area contributed by atoms with Crippen LogP contribution in [-0.2, 0) is 11.3 Å². The summed E-state index contributed by atoms with van der Waals surface area (Å²) < 4.78 is 5.79. The second kappa shape index (κ2) is 4.95. The van der Waals surface area contributed by atoms with E-state index in [1.807, 2.05) is 25.3 Å². The number of hydrogen-bond donors (Lipinski definition) is 0. The van der Waals surface area contributed by atoms with Crippen molar-refractivity contribution >= 4 is 0 Å². The molecule has 3 aliphatic rings. The van der Waals surface area contributed by atoms with Gasteiger partial charge in [-0.3, -0.25) is 15.1 Å². The van der Waals surface area contributed by atoms with Gasteiger partial charge in [-0.1, -0.05) is 6.07 Å². The van der Waals surface area contributed by atoms with Crippen LogP contribution in [-0.4, -0.2) is 45.1 Å². The Bertz CT molecular complexity index is 643. The van der Waals surface area contributed by atoms with Crippen molar-refractivity contribution < 1.29 is 9.66 Å². The molecule has 22 heavy (non-hydrogen) atoms. The van der Waals surface area contributed by atoms with E-state index in [1.54, 1.807) is 0 Å². The summed E-state index contributed by atoms with van der Waals surface area (Å²) in [5, 5.41) is 11.5. The van der Waals surface area contributed by atoms with Gasteiger partial charge in [0, 0.05) is 31.5 Å². The number of aromatic nitrogens is 1. The first-order valence-corrected chi connectivity index (χ1v) is 7.60. The molecule has 0 saturated carbocycles. The SMILES string of the molecule is Cc1ccc(CN2CCN3C2=C([N+](=O)[O-])[C@H]2CC[C@@H]3O2)cn1. The number of nitrogens with zero attached hydrogens (tertiary/aromatic N) is 4. The fourth-order valence-corrected chi connectivity index (χ4v) is 3.57. The van der Waals surface area contributed by atoms with Gasteiger partial charge in [-0.2, -0.15) is 0 Å². The smallest absolute Gasteiger partial charge is 0.314 e. The molecule has 1 aromatic heterocycles. The van der Waals surface area contributed by atoms with Crippen molar-refractivity contribution in [3.8, 4) is 0 Å². The summed E-state index contributed by atoms with van der Waals surface area (Å²) in [5.74, 6) is 0.754. The molecule has 4 rings (SSSR count). The molecule has 7 nitrogen and oxygen atoms in total. The minimum Gasteiger partial charge on any atom is -0.347 e. The molecular formula is C15H18N4O3. The van der Waals surface area contributed by atoms with Crippen LogP contribution in [0.4, 0.5) is 0 Å². The lowest BCUT2D eigenvalue weighted by atomic mass is 10.2. The minimum atomic E-state index is -0.358. The molecule has 0 aromatic carbocycles. The van der Waals surface area contributed by atoms with Gasteiger partial charge in [-0.25, -0.2) is 0 Å². The lowest BCUT2D eigenvalue weighted by Crippen LogP contribution is -2.41. The van der Waals surface area contributed by atoms with Crippen molar-refractivity contribution in [1.29, 1.82) is 0 Å². The number of aryl methyl sites for hydroxylation is 1. The molecule has 1 aromatic rings. The zero-order chi connectivity index (χ0) is 15.3.